The number of halogens is 3. The molecule has 2 nitrogen and oxygen atoms in total. The van der Waals surface area contributed by atoms with Gasteiger partial charge in [0.25, 0.3) is 0 Å². The quantitative estimate of drug-likeness (QED) is 0.817. The number of carbonyl (C=O) groups excluding carboxylic acids is 1. The van der Waals surface area contributed by atoms with Gasteiger partial charge in [0.2, 0.25) is 0 Å². The molecule has 130 valence electrons. The SMILES string of the molecule is O=C(NCC#Cc1cccc(CSC2CCCCC2)c1)C(F)(F)F. The highest BCUT2D eigenvalue weighted by atomic mass is 32.2. The van der Waals surface area contributed by atoms with E-state index in [0.717, 1.165) is 22.1 Å². The molecule has 24 heavy (non-hydrogen) atoms. The molecule has 1 N–H and O–H groups in total. The summed E-state index contributed by atoms with van der Waals surface area (Å²) < 4.78 is 36.1. The van der Waals surface area contributed by atoms with Gasteiger partial charge in [0.15, 0.2) is 0 Å². The summed E-state index contributed by atoms with van der Waals surface area (Å²) in [5.74, 6) is 4.30. The van der Waals surface area contributed by atoms with Gasteiger partial charge in [-0.05, 0) is 30.5 Å². The number of hydrogen-bond donors (Lipinski definition) is 1. The van der Waals surface area contributed by atoms with Gasteiger partial charge in [-0.2, -0.15) is 24.9 Å². The average molecular weight is 355 g/mol. The minimum atomic E-state index is -4.86. The predicted molar refractivity (Wildman–Crippen MR) is 90.6 cm³/mol. The van der Waals surface area contributed by atoms with E-state index in [-0.39, 0.29) is 6.54 Å². The Morgan fingerprint density at radius 3 is 2.71 bits per heavy atom. The van der Waals surface area contributed by atoms with Crippen molar-refractivity contribution in [3.05, 3.63) is 35.4 Å². The van der Waals surface area contributed by atoms with Crippen LogP contribution in [0.5, 0.6) is 0 Å². The zero-order valence-corrected chi connectivity index (χ0v) is 14.1. The van der Waals surface area contributed by atoms with Crippen molar-refractivity contribution in [1.82, 2.24) is 5.32 Å². The summed E-state index contributed by atoms with van der Waals surface area (Å²) in [5, 5.41) is 2.46. The Labute approximate surface area is 144 Å². The molecule has 1 amide bonds. The molecule has 0 unspecified atom stereocenters. The zero-order chi connectivity index (χ0) is 17.4. The van der Waals surface area contributed by atoms with E-state index in [4.69, 9.17) is 0 Å². The lowest BCUT2D eigenvalue weighted by molar-refractivity contribution is -0.173. The first-order valence-electron chi connectivity index (χ1n) is 7.99. The van der Waals surface area contributed by atoms with Gasteiger partial charge in [0.05, 0.1) is 6.54 Å². The molecule has 1 fully saturated rings. The van der Waals surface area contributed by atoms with Gasteiger partial charge >= 0.3 is 12.1 Å². The molecule has 0 spiro atoms. The standard InChI is InChI=1S/C18H20F3NOS/c19-18(20,21)17(23)22-11-5-8-14-6-4-7-15(12-14)13-24-16-9-2-1-3-10-16/h4,6-7,12,16H,1-3,9-11,13H2,(H,22,23). The number of rotatable bonds is 4. The molecular formula is C18H20F3NOS. The lowest BCUT2D eigenvalue weighted by Crippen LogP contribution is -2.36. The summed E-state index contributed by atoms with van der Waals surface area (Å²) in [5.41, 5.74) is 1.91. The predicted octanol–water partition coefficient (Wildman–Crippen LogP) is 4.28. The van der Waals surface area contributed by atoms with Crippen LogP contribution in [-0.4, -0.2) is 23.9 Å². The highest BCUT2D eigenvalue weighted by Crippen LogP contribution is 2.30. The van der Waals surface area contributed by atoms with Crippen LogP contribution in [0.15, 0.2) is 24.3 Å². The Morgan fingerprint density at radius 2 is 2.00 bits per heavy atom. The number of thioether (sulfide) groups is 1. The normalized spacial score (nSPS) is 15.5. The maximum atomic E-state index is 12.0. The van der Waals surface area contributed by atoms with E-state index in [0.29, 0.717) is 0 Å². The van der Waals surface area contributed by atoms with E-state index in [1.807, 2.05) is 36.0 Å². The first kappa shape index (κ1) is 18.7. The minimum Gasteiger partial charge on any atom is -0.337 e. The fourth-order valence-electron chi connectivity index (χ4n) is 2.56. The summed E-state index contributed by atoms with van der Waals surface area (Å²) in [6.07, 6.45) is 1.66. The van der Waals surface area contributed by atoms with Gasteiger partial charge in [0, 0.05) is 16.6 Å². The minimum absolute atomic E-state index is 0.320. The number of carbonyl (C=O) groups is 1. The van der Waals surface area contributed by atoms with Crippen LogP contribution in [-0.2, 0) is 10.5 Å². The van der Waals surface area contributed by atoms with Crippen molar-refractivity contribution in [1.29, 1.82) is 0 Å². The third-order valence-corrected chi connectivity index (χ3v) is 5.24. The molecule has 6 heteroatoms. The van der Waals surface area contributed by atoms with Crippen molar-refractivity contribution in [2.24, 2.45) is 0 Å². The second-order valence-electron chi connectivity index (χ2n) is 5.75. The topological polar surface area (TPSA) is 29.1 Å². The number of alkyl halides is 3. The van der Waals surface area contributed by atoms with Gasteiger partial charge in [-0.1, -0.05) is 43.2 Å². The fraction of sp³-hybridized carbons (Fsp3) is 0.500. The van der Waals surface area contributed by atoms with E-state index < -0.39 is 12.1 Å². The third kappa shape index (κ3) is 6.48. The second-order valence-corrected chi connectivity index (χ2v) is 7.04. The van der Waals surface area contributed by atoms with Crippen molar-refractivity contribution in [2.75, 3.05) is 6.54 Å². The number of benzene rings is 1. The molecule has 1 saturated carbocycles. The van der Waals surface area contributed by atoms with Crippen molar-refractivity contribution in [3.63, 3.8) is 0 Å². The zero-order valence-electron chi connectivity index (χ0n) is 13.3. The monoisotopic (exact) mass is 355 g/mol. The van der Waals surface area contributed by atoms with Crippen LogP contribution in [0.1, 0.15) is 43.2 Å². The van der Waals surface area contributed by atoms with Crippen LogP contribution in [0.2, 0.25) is 0 Å². The van der Waals surface area contributed by atoms with E-state index in [9.17, 15) is 18.0 Å². The molecule has 0 radical (unpaired) electrons. The summed E-state index contributed by atoms with van der Waals surface area (Å²) in [6.45, 7) is -0.320. The average Bonchev–Trinajstić information content (AvgIpc) is 2.57. The molecule has 1 aliphatic carbocycles. The Kier molecular flexibility index (Phi) is 7.04. The molecule has 0 atom stereocenters. The summed E-state index contributed by atoms with van der Waals surface area (Å²) in [4.78, 5) is 10.7. The van der Waals surface area contributed by atoms with Crippen molar-refractivity contribution in [2.45, 2.75) is 49.3 Å². The molecular weight excluding hydrogens is 335 g/mol. The van der Waals surface area contributed by atoms with Crippen LogP contribution >= 0.6 is 11.8 Å². The Balaban J connectivity index is 1.82. The Bertz CT molecular complexity index is 613. The van der Waals surface area contributed by atoms with Gasteiger partial charge in [0.1, 0.15) is 0 Å². The lowest BCUT2D eigenvalue weighted by Gasteiger charge is -2.20. The van der Waals surface area contributed by atoms with E-state index in [1.54, 1.807) is 5.32 Å². The molecule has 1 aliphatic rings. The van der Waals surface area contributed by atoms with Crippen LogP contribution < -0.4 is 5.32 Å². The van der Waals surface area contributed by atoms with Crippen LogP contribution in [0, 0.1) is 11.8 Å². The van der Waals surface area contributed by atoms with Gasteiger partial charge < -0.3 is 5.32 Å². The molecule has 1 aromatic rings. The molecule has 2 rings (SSSR count). The summed E-state index contributed by atoms with van der Waals surface area (Å²) in [7, 11) is 0. The lowest BCUT2D eigenvalue weighted by atomic mass is 10.0. The Morgan fingerprint density at radius 1 is 1.25 bits per heavy atom. The number of nitrogens with one attached hydrogen (secondary N) is 1. The van der Waals surface area contributed by atoms with Gasteiger partial charge in [-0.15, -0.1) is 0 Å². The molecule has 0 aliphatic heterocycles. The second kappa shape index (κ2) is 9.03. The summed E-state index contributed by atoms with van der Waals surface area (Å²) >= 11 is 1.96. The van der Waals surface area contributed by atoms with Crippen molar-refractivity contribution in [3.8, 4) is 11.8 Å². The molecule has 0 aromatic heterocycles. The highest BCUT2D eigenvalue weighted by molar-refractivity contribution is 7.99. The maximum absolute atomic E-state index is 12.0. The Hall–Kier alpha value is -1.61. The fourth-order valence-corrected chi connectivity index (χ4v) is 3.83. The molecule has 0 heterocycles. The number of amides is 1. The van der Waals surface area contributed by atoms with Crippen molar-refractivity contribution < 1.29 is 18.0 Å². The largest absolute Gasteiger partial charge is 0.471 e. The van der Waals surface area contributed by atoms with Gasteiger partial charge in [-0.25, -0.2) is 0 Å². The first-order valence-corrected chi connectivity index (χ1v) is 9.04. The van der Waals surface area contributed by atoms with Crippen LogP contribution in [0.25, 0.3) is 0 Å². The van der Waals surface area contributed by atoms with E-state index in [1.165, 1.54) is 32.1 Å². The van der Waals surface area contributed by atoms with Gasteiger partial charge in [-0.3, -0.25) is 4.79 Å². The number of hydrogen-bond acceptors (Lipinski definition) is 2. The first-order chi connectivity index (χ1) is 11.4. The van der Waals surface area contributed by atoms with Crippen LogP contribution in [0.4, 0.5) is 13.2 Å². The molecule has 0 bridgehead atoms. The van der Waals surface area contributed by atoms with E-state index in [2.05, 4.69) is 11.8 Å². The van der Waals surface area contributed by atoms with E-state index >= 15 is 0 Å². The highest BCUT2D eigenvalue weighted by Gasteiger charge is 2.38. The molecule has 0 saturated heterocycles. The third-order valence-electron chi connectivity index (χ3n) is 3.79. The smallest absolute Gasteiger partial charge is 0.337 e. The van der Waals surface area contributed by atoms with Crippen LogP contribution in [0.3, 0.4) is 0 Å². The maximum Gasteiger partial charge on any atom is 0.471 e. The summed E-state index contributed by atoms with van der Waals surface area (Å²) in [6, 6.07) is 7.70. The van der Waals surface area contributed by atoms with Crippen molar-refractivity contribution >= 4 is 17.7 Å². The molecule has 1 aromatic carbocycles.